The number of anilines is 2. The van der Waals surface area contributed by atoms with Crippen molar-refractivity contribution >= 4 is 29.1 Å². The molecule has 0 radical (unpaired) electrons. The molecule has 2 aromatic heterocycles. The monoisotopic (exact) mass is 549 g/mol. The Morgan fingerprint density at radius 3 is 2.62 bits per heavy atom. The lowest BCUT2D eigenvalue weighted by atomic mass is 10.1. The lowest BCUT2D eigenvalue weighted by molar-refractivity contribution is 0.0942. The van der Waals surface area contributed by atoms with Crippen molar-refractivity contribution in [3.8, 4) is 11.6 Å². The molecule has 1 unspecified atom stereocenters. The van der Waals surface area contributed by atoms with Crippen LogP contribution >= 0.6 is 11.6 Å². The third-order valence-electron chi connectivity index (χ3n) is 6.10. The number of aromatic nitrogens is 3. The topological polar surface area (TPSA) is 107 Å². The van der Waals surface area contributed by atoms with E-state index in [0.717, 1.165) is 12.0 Å². The first kappa shape index (κ1) is 26.3. The molecule has 3 heterocycles. The number of amides is 1. The second-order valence-corrected chi connectivity index (χ2v) is 9.46. The first-order chi connectivity index (χ1) is 18.9. The van der Waals surface area contributed by atoms with Crippen LogP contribution in [0.15, 0.2) is 77.7 Å². The minimum atomic E-state index is -0.651. The van der Waals surface area contributed by atoms with E-state index in [2.05, 4.69) is 20.6 Å². The van der Waals surface area contributed by atoms with Crippen LogP contribution in [0.3, 0.4) is 0 Å². The van der Waals surface area contributed by atoms with Gasteiger partial charge in [-0.05, 0) is 54.4 Å². The van der Waals surface area contributed by atoms with Gasteiger partial charge in [0.15, 0.2) is 0 Å². The summed E-state index contributed by atoms with van der Waals surface area (Å²) in [6.45, 7) is 2.01. The largest absolute Gasteiger partial charge is 0.439 e. The van der Waals surface area contributed by atoms with Crippen molar-refractivity contribution in [2.24, 2.45) is 5.92 Å². The van der Waals surface area contributed by atoms with Crippen LogP contribution in [0.5, 0.6) is 11.6 Å². The molecule has 1 saturated heterocycles. The predicted molar refractivity (Wildman–Crippen MR) is 144 cm³/mol. The standard InChI is InChI=1S/C28H25ClFN5O4/c29-20-6-4-18(5-7-20)15-35-16-23(26(36)31-14-19-12-13-38-17-19)27(37)34-28(35)32-21-8-10-22(11-9-21)39-25-3-1-2-24(30)33-25/h1-11,16,19H,12-15,17H2,(H,31,36)(H,32,34,37). The molecule has 0 saturated carbocycles. The van der Waals surface area contributed by atoms with Gasteiger partial charge < -0.3 is 24.7 Å². The maximum atomic E-state index is 13.3. The molecule has 2 aromatic carbocycles. The fraction of sp³-hybridized carbons (Fsp3) is 0.214. The van der Waals surface area contributed by atoms with Crippen LogP contribution in [-0.2, 0) is 11.3 Å². The first-order valence-corrected chi connectivity index (χ1v) is 12.7. The Balaban J connectivity index is 1.37. The first-order valence-electron chi connectivity index (χ1n) is 12.3. The SMILES string of the molecule is O=C(NCC1CCOC1)c1cn(Cc2ccc(Cl)cc2)c(Nc2ccc(Oc3cccc(F)n3)cc2)nc1=O. The Morgan fingerprint density at radius 1 is 1.10 bits per heavy atom. The molecule has 0 bridgehead atoms. The molecule has 0 spiro atoms. The van der Waals surface area contributed by atoms with Gasteiger partial charge in [0.1, 0.15) is 11.3 Å². The van der Waals surface area contributed by atoms with Gasteiger partial charge in [0.25, 0.3) is 11.5 Å². The van der Waals surface area contributed by atoms with E-state index < -0.39 is 17.4 Å². The highest BCUT2D eigenvalue weighted by atomic mass is 35.5. The maximum absolute atomic E-state index is 13.3. The molecule has 1 fully saturated rings. The molecule has 5 rings (SSSR count). The van der Waals surface area contributed by atoms with E-state index in [9.17, 15) is 14.0 Å². The van der Waals surface area contributed by atoms with E-state index in [1.165, 1.54) is 18.3 Å². The van der Waals surface area contributed by atoms with E-state index in [0.29, 0.717) is 42.8 Å². The summed E-state index contributed by atoms with van der Waals surface area (Å²) in [7, 11) is 0. The Kier molecular flexibility index (Phi) is 8.14. The summed E-state index contributed by atoms with van der Waals surface area (Å²) in [5.41, 5.74) is 0.806. The van der Waals surface area contributed by atoms with Gasteiger partial charge in [-0.3, -0.25) is 9.59 Å². The molecular weight excluding hydrogens is 525 g/mol. The Labute approximate surface area is 228 Å². The summed E-state index contributed by atoms with van der Waals surface area (Å²) in [5, 5.41) is 6.56. The third-order valence-corrected chi connectivity index (χ3v) is 6.36. The van der Waals surface area contributed by atoms with Crippen molar-refractivity contribution in [3.05, 3.63) is 105 Å². The minimum absolute atomic E-state index is 0.0558. The van der Waals surface area contributed by atoms with Gasteiger partial charge in [-0.15, -0.1) is 0 Å². The number of nitrogens with zero attached hydrogens (tertiary/aromatic N) is 3. The van der Waals surface area contributed by atoms with Crippen LogP contribution in [0.2, 0.25) is 5.02 Å². The summed E-state index contributed by atoms with van der Waals surface area (Å²) in [5.74, 6) is -0.0734. The van der Waals surface area contributed by atoms with E-state index in [4.69, 9.17) is 21.1 Å². The number of carbonyl (C=O) groups is 1. The third kappa shape index (κ3) is 6.98. The van der Waals surface area contributed by atoms with Crippen molar-refractivity contribution in [3.63, 3.8) is 0 Å². The molecule has 4 aromatic rings. The average molecular weight is 550 g/mol. The van der Waals surface area contributed by atoms with Crippen LogP contribution in [-0.4, -0.2) is 40.2 Å². The Bertz CT molecular complexity index is 1510. The number of carbonyl (C=O) groups excluding carboxylic acids is 1. The van der Waals surface area contributed by atoms with Gasteiger partial charge in [-0.2, -0.15) is 14.4 Å². The molecule has 2 N–H and O–H groups in total. The number of rotatable bonds is 9. The van der Waals surface area contributed by atoms with E-state index >= 15 is 0 Å². The molecule has 1 aliphatic heterocycles. The van der Waals surface area contributed by atoms with Crippen LogP contribution in [0.1, 0.15) is 22.3 Å². The van der Waals surface area contributed by atoms with Gasteiger partial charge in [0, 0.05) is 42.0 Å². The minimum Gasteiger partial charge on any atom is -0.439 e. The van der Waals surface area contributed by atoms with Crippen molar-refractivity contribution in [2.75, 3.05) is 25.1 Å². The van der Waals surface area contributed by atoms with Gasteiger partial charge in [0.05, 0.1) is 13.2 Å². The number of nitrogens with one attached hydrogen (secondary N) is 2. The molecule has 1 aliphatic rings. The molecule has 1 atom stereocenters. The summed E-state index contributed by atoms with van der Waals surface area (Å²) in [6, 6.07) is 18.3. The highest BCUT2D eigenvalue weighted by molar-refractivity contribution is 6.30. The van der Waals surface area contributed by atoms with Crippen LogP contribution in [0.4, 0.5) is 16.0 Å². The smallest absolute Gasteiger partial charge is 0.287 e. The summed E-state index contributed by atoms with van der Waals surface area (Å²) < 4.78 is 26.0. The number of pyridine rings is 1. The Hall–Kier alpha value is -4.28. The zero-order chi connectivity index (χ0) is 27.2. The summed E-state index contributed by atoms with van der Waals surface area (Å²) in [6.07, 6.45) is 2.37. The lowest BCUT2D eigenvalue weighted by Crippen LogP contribution is -2.34. The molecule has 0 aliphatic carbocycles. The molecule has 11 heteroatoms. The summed E-state index contributed by atoms with van der Waals surface area (Å²) >= 11 is 6.03. The van der Waals surface area contributed by atoms with Crippen molar-refractivity contribution in [1.29, 1.82) is 0 Å². The number of hydrogen-bond acceptors (Lipinski definition) is 7. The number of hydrogen-bond donors (Lipinski definition) is 2. The fourth-order valence-corrected chi connectivity index (χ4v) is 4.16. The molecule has 39 heavy (non-hydrogen) atoms. The predicted octanol–water partition coefficient (Wildman–Crippen LogP) is 4.78. The van der Waals surface area contributed by atoms with Crippen LogP contribution in [0, 0.1) is 11.9 Å². The molecule has 200 valence electrons. The molecular formula is C28H25ClFN5O4. The van der Waals surface area contributed by atoms with Crippen LogP contribution < -0.4 is 20.9 Å². The molecule has 9 nitrogen and oxygen atoms in total. The quantitative estimate of drug-likeness (QED) is 0.289. The van der Waals surface area contributed by atoms with Gasteiger partial charge in [0.2, 0.25) is 17.8 Å². The van der Waals surface area contributed by atoms with Crippen molar-refractivity contribution < 1.29 is 18.7 Å². The van der Waals surface area contributed by atoms with Gasteiger partial charge in [-0.1, -0.05) is 29.8 Å². The number of ether oxygens (including phenoxy) is 2. The highest BCUT2D eigenvalue weighted by Gasteiger charge is 2.20. The van der Waals surface area contributed by atoms with E-state index in [-0.39, 0.29) is 23.3 Å². The van der Waals surface area contributed by atoms with Crippen molar-refractivity contribution in [2.45, 2.75) is 13.0 Å². The average Bonchev–Trinajstić information content (AvgIpc) is 3.45. The second-order valence-electron chi connectivity index (χ2n) is 9.03. The fourth-order valence-electron chi connectivity index (χ4n) is 4.03. The van der Waals surface area contributed by atoms with E-state index in [1.807, 2.05) is 12.1 Å². The normalized spacial score (nSPS) is 14.7. The maximum Gasteiger partial charge on any atom is 0.287 e. The van der Waals surface area contributed by atoms with E-state index in [1.54, 1.807) is 47.0 Å². The zero-order valence-electron chi connectivity index (χ0n) is 20.8. The number of benzene rings is 2. The summed E-state index contributed by atoms with van der Waals surface area (Å²) in [4.78, 5) is 33.6. The Morgan fingerprint density at radius 2 is 1.90 bits per heavy atom. The van der Waals surface area contributed by atoms with Gasteiger partial charge in [-0.25, -0.2) is 0 Å². The molecule has 1 amide bonds. The van der Waals surface area contributed by atoms with Gasteiger partial charge >= 0.3 is 0 Å². The second kappa shape index (κ2) is 12.1. The zero-order valence-corrected chi connectivity index (χ0v) is 21.5. The highest BCUT2D eigenvalue weighted by Crippen LogP contribution is 2.23. The van der Waals surface area contributed by atoms with Crippen molar-refractivity contribution in [1.82, 2.24) is 19.9 Å². The lowest BCUT2D eigenvalue weighted by Gasteiger charge is -2.16. The van der Waals surface area contributed by atoms with Crippen LogP contribution in [0.25, 0.3) is 0 Å². The number of halogens is 2.